The lowest BCUT2D eigenvalue weighted by Crippen LogP contribution is -2.30. The fourth-order valence-corrected chi connectivity index (χ4v) is 5.48. The molecule has 134 valence electrons. The zero-order valence-electron chi connectivity index (χ0n) is 14.7. The number of phenols is 1. The van der Waals surface area contributed by atoms with Crippen molar-refractivity contribution in [1.82, 2.24) is 0 Å². The predicted molar refractivity (Wildman–Crippen MR) is 102 cm³/mol. The predicted octanol–water partition coefficient (Wildman–Crippen LogP) is 5.17. The van der Waals surface area contributed by atoms with Crippen molar-refractivity contribution < 1.29 is 18.7 Å². The second-order valence-corrected chi connectivity index (χ2v) is 8.25. The molecular formula is C21H21O4P. The summed E-state index contributed by atoms with van der Waals surface area (Å²) in [6.45, 7) is 0. The van der Waals surface area contributed by atoms with E-state index in [1.54, 1.807) is 24.3 Å². The van der Waals surface area contributed by atoms with Gasteiger partial charge in [-0.25, -0.2) is 0 Å². The van der Waals surface area contributed by atoms with Gasteiger partial charge in [0.1, 0.15) is 10.9 Å². The van der Waals surface area contributed by atoms with Crippen molar-refractivity contribution in [2.45, 2.75) is 5.16 Å². The van der Waals surface area contributed by atoms with Gasteiger partial charge in [-0.05, 0) is 28.8 Å². The molecule has 26 heavy (non-hydrogen) atoms. The van der Waals surface area contributed by atoms with Crippen molar-refractivity contribution in [3.05, 3.63) is 102 Å². The first-order valence-electron chi connectivity index (χ1n) is 8.20. The quantitative estimate of drug-likeness (QED) is 0.482. The van der Waals surface area contributed by atoms with Crippen LogP contribution in [0.4, 0.5) is 0 Å². The molecule has 0 spiro atoms. The van der Waals surface area contributed by atoms with Crippen LogP contribution in [0.1, 0.15) is 16.7 Å². The molecule has 0 aromatic heterocycles. The van der Waals surface area contributed by atoms with E-state index >= 15 is 0 Å². The van der Waals surface area contributed by atoms with Crippen molar-refractivity contribution in [1.29, 1.82) is 0 Å². The molecule has 0 saturated carbocycles. The number of phenolic OH excluding ortho intramolecular Hbond substituents is 1. The maximum Gasteiger partial charge on any atom is 0.349 e. The Bertz CT molecular complexity index is 845. The molecule has 0 atom stereocenters. The van der Waals surface area contributed by atoms with Crippen LogP contribution in [0.15, 0.2) is 84.9 Å². The highest BCUT2D eigenvalue weighted by Gasteiger charge is 2.54. The van der Waals surface area contributed by atoms with Crippen LogP contribution in [0.2, 0.25) is 0 Å². The summed E-state index contributed by atoms with van der Waals surface area (Å²) in [5.41, 5.74) is 2.27. The summed E-state index contributed by atoms with van der Waals surface area (Å²) in [6, 6.07) is 25.7. The summed E-state index contributed by atoms with van der Waals surface area (Å²) in [5, 5.41) is 8.58. The second kappa shape index (κ2) is 7.46. The van der Waals surface area contributed by atoms with Crippen LogP contribution < -0.4 is 0 Å². The summed E-state index contributed by atoms with van der Waals surface area (Å²) in [4.78, 5) is 0. The van der Waals surface area contributed by atoms with Gasteiger partial charge >= 0.3 is 7.60 Å². The lowest BCUT2D eigenvalue weighted by molar-refractivity contribution is 0.259. The van der Waals surface area contributed by atoms with Crippen LogP contribution in [-0.2, 0) is 18.8 Å². The Morgan fingerprint density at radius 3 is 1.46 bits per heavy atom. The molecular weight excluding hydrogens is 347 g/mol. The van der Waals surface area contributed by atoms with Crippen LogP contribution in [-0.4, -0.2) is 19.3 Å². The molecule has 3 aromatic carbocycles. The van der Waals surface area contributed by atoms with Gasteiger partial charge in [0.05, 0.1) is 0 Å². The number of aromatic hydroxyl groups is 1. The summed E-state index contributed by atoms with van der Waals surface area (Å²) in [6.07, 6.45) is 0. The zero-order chi connectivity index (χ0) is 18.6. The van der Waals surface area contributed by atoms with Gasteiger partial charge < -0.3 is 14.2 Å². The van der Waals surface area contributed by atoms with E-state index in [4.69, 9.17) is 9.05 Å². The van der Waals surface area contributed by atoms with Crippen LogP contribution >= 0.6 is 7.60 Å². The molecule has 3 rings (SSSR count). The minimum absolute atomic E-state index is 0.133. The fourth-order valence-electron chi connectivity index (χ4n) is 3.38. The first-order chi connectivity index (χ1) is 12.6. The third kappa shape index (κ3) is 2.86. The van der Waals surface area contributed by atoms with Gasteiger partial charge in [-0.3, -0.25) is 4.57 Å². The van der Waals surface area contributed by atoms with E-state index in [-0.39, 0.29) is 5.75 Å². The van der Waals surface area contributed by atoms with Gasteiger partial charge in [0.2, 0.25) is 0 Å². The number of benzene rings is 3. The summed E-state index contributed by atoms with van der Waals surface area (Å²) >= 11 is 0. The van der Waals surface area contributed by atoms with Crippen LogP contribution in [0, 0.1) is 0 Å². The van der Waals surface area contributed by atoms with Crippen molar-refractivity contribution in [2.24, 2.45) is 0 Å². The Morgan fingerprint density at radius 1 is 0.692 bits per heavy atom. The van der Waals surface area contributed by atoms with Gasteiger partial charge in [-0.1, -0.05) is 72.8 Å². The van der Waals surface area contributed by atoms with Crippen LogP contribution in [0.5, 0.6) is 5.75 Å². The van der Waals surface area contributed by atoms with E-state index in [1.165, 1.54) is 14.2 Å². The maximum atomic E-state index is 14.0. The van der Waals surface area contributed by atoms with Gasteiger partial charge in [0.25, 0.3) is 0 Å². The molecule has 3 aromatic rings. The third-order valence-electron chi connectivity index (χ3n) is 4.56. The number of rotatable bonds is 6. The maximum absolute atomic E-state index is 14.0. The van der Waals surface area contributed by atoms with E-state index in [1.807, 2.05) is 60.7 Å². The average molecular weight is 368 g/mol. The monoisotopic (exact) mass is 368 g/mol. The fraction of sp³-hybridized carbons (Fsp3) is 0.143. The molecule has 0 heterocycles. The molecule has 4 nitrogen and oxygen atoms in total. The van der Waals surface area contributed by atoms with Gasteiger partial charge in [-0.15, -0.1) is 0 Å². The number of hydrogen-bond acceptors (Lipinski definition) is 4. The van der Waals surface area contributed by atoms with E-state index in [0.717, 1.165) is 11.1 Å². The van der Waals surface area contributed by atoms with Crippen molar-refractivity contribution in [2.75, 3.05) is 14.2 Å². The minimum atomic E-state index is -3.68. The highest BCUT2D eigenvalue weighted by atomic mass is 31.2. The molecule has 5 heteroatoms. The lowest BCUT2D eigenvalue weighted by atomic mass is 9.84. The van der Waals surface area contributed by atoms with Crippen LogP contribution in [0.3, 0.4) is 0 Å². The molecule has 0 unspecified atom stereocenters. The Balaban J connectivity index is 2.47. The third-order valence-corrected chi connectivity index (χ3v) is 7.12. The molecule has 1 N–H and O–H groups in total. The Morgan fingerprint density at radius 2 is 1.08 bits per heavy atom. The van der Waals surface area contributed by atoms with Gasteiger partial charge in [0, 0.05) is 14.2 Å². The largest absolute Gasteiger partial charge is 0.508 e. The van der Waals surface area contributed by atoms with Crippen LogP contribution in [0.25, 0.3) is 0 Å². The average Bonchev–Trinajstić information content (AvgIpc) is 2.71. The second-order valence-electron chi connectivity index (χ2n) is 5.85. The molecule has 0 bridgehead atoms. The molecule has 0 fully saturated rings. The highest BCUT2D eigenvalue weighted by Crippen LogP contribution is 2.69. The van der Waals surface area contributed by atoms with Gasteiger partial charge in [0.15, 0.2) is 0 Å². The SMILES string of the molecule is COP(=O)(OC)C(c1ccccc1)(c1ccccc1)c1ccc(O)cc1. The molecule has 0 saturated heterocycles. The lowest BCUT2D eigenvalue weighted by Gasteiger charge is -2.39. The summed E-state index contributed by atoms with van der Waals surface area (Å²) < 4.78 is 25.0. The molecule has 0 aliphatic carbocycles. The number of hydrogen-bond donors (Lipinski definition) is 1. The van der Waals surface area contributed by atoms with E-state index in [0.29, 0.717) is 5.56 Å². The van der Waals surface area contributed by atoms with Crippen molar-refractivity contribution >= 4 is 7.60 Å². The van der Waals surface area contributed by atoms with Crippen molar-refractivity contribution in [3.8, 4) is 5.75 Å². The summed E-state index contributed by atoms with van der Waals surface area (Å²) in [5.74, 6) is 0.133. The molecule has 0 aliphatic rings. The topological polar surface area (TPSA) is 55.8 Å². The first kappa shape index (κ1) is 18.4. The Hall–Kier alpha value is -2.39. The Labute approximate surface area is 153 Å². The molecule has 0 aliphatic heterocycles. The molecule has 0 amide bonds. The van der Waals surface area contributed by atoms with E-state index in [9.17, 15) is 9.67 Å². The van der Waals surface area contributed by atoms with Gasteiger partial charge in [-0.2, -0.15) is 0 Å². The standard InChI is InChI=1S/C21H21O4P/c1-24-26(23,25-2)21(17-9-5-3-6-10-17,18-11-7-4-8-12-18)19-13-15-20(22)16-14-19/h3-16,22H,1-2H3. The van der Waals surface area contributed by atoms with Crippen molar-refractivity contribution in [3.63, 3.8) is 0 Å². The first-order valence-corrected chi connectivity index (χ1v) is 9.75. The van der Waals surface area contributed by atoms with E-state index < -0.39 is 12.8 Å². The molecule has 0 radical (unpaired) electrons. The summed E-state index contributed by atoms with van der Waals surface area (Å²) in [7, 11) is -0.896. The minimum Gasteiger partial charge on any atom is -0.508 e. The highest BCUT2D eigenvalue weighted by molar-refractivity contribution is 7.55. The smallest absolute Gasteiger partial charge is 0.349 e. The Kier molecular flexibility index (Phi) is 5.28. The van der Waals surface area contributed by atoms with E-state index in [2.05, 4.69) is 0 Å². The zero-order valence-corrected chi connectivity index (χ0v) is 15.6. The normalized spacial score (nSPS) is 12.1.